The molecule has 0 saturated heterocycles. The van der Waals surface area contributed by atoms with Crippen molar-refractivity contribution < 1.29 is 17.6 Å². The lowest BCUT2D eigenvalue weighted by Gasteiger charge is -2.36. The van der Waals surface area contributed by atoms with Gasteiger partial charge in [0.2, 0.25) is 0 Å². The van der Waals surface area contributed by atoms with Crippen LogP contribution < -0.4 is 4.31 Å². The Kier molecular flexibility index (Phi) is 2.81. The van der Waals surface area contributed by atoms with E-state index in [0.29, 0.717) is 0 Å². The van der Waals surface area contributed by atoms with E-state index in [9.17, 15) is 17.6 Å². The first kappa shape index (κ1) is 12.8. The molecule has 0 fully saturated rings. The maximum atomic E-state index is 13.2. The molecule has 0 unspecified atom stereocenters. The molecule has 1 heterocycles. The number of hydrogen-bond acceptors (Lipinski definition) is 3. The van der Waals surface area contributed by atoms with E-state index in [-0.39, 0.29) is 11.3 Å². The van der Waals surface area contributed by atoms with Gasteiger partial charge in [0.15, 0.2) is 0 Å². The van der Waals surface area contributed by atoms with Crippen molar-refractivity contribution in [2.45, 2.75) is 19.9 Å². The first-order valence-corrected chi connectivity index (χ1v) is 6.78. The fourth-order valence-electron chi connectivity index (χ4n) is 1.93. The molecule has 2 rings (SSSR count). The maximum absolute atomic E-state index is 13.2. The molecule has 98 valence electrons. The van der Waals surface area contributed by atoms with E-state index >= 15 is 0 Å². The van der Waals surface area contributed by atoms with Crippen LogP contribution >= 0.6 is 0 Å². The molecule has 1 aromatic rings. The van der Waals surface area contributed by atoms with Crippen LogP contribution in [0, 0.1) is 5.82 Å². The molecule has 0 bridgehead atoms. The maximum Gasteiger partial charge on any atom is 0.328 e. The van der Waals surface area contributed by atoms with E-state index in [1.807, 2.05) is 0 Å². The summed E-state index contributed by atoms with van der Waals surface area (Å²) in [6.07, 6.45) is 0. The van der Waals surface area contributed by atoms with Gasteiger partial charge in [0, 0.05) is 13.1 Å². The molecular formula is C11H13FN2O3S. The van der Waals surface area contributed by atoms with Gasteiger partial charge in [-0.2, -0.15) is 8.42 Å². The van der Waals surface area contributed by atoms with Crippen molar-refractivity contribution in [1.29, 1.82) is 0 Å². The van der Waals surface area contributed by atoms with E-state index in [4.69, 9.17) is 0 Å². The third kappa shape index (κ3) is 1.66. The van der Waals surface area contributed by atoms with Crippen molar-refractivity contribution in [3.05, 3.63) is 29.6 Å². The second-order valence-electron chi connectivity index (χ2n) is 4.33. The zero-order chi connectivity index (χ0) is 13.7. The third-order valence-electron chi connectivity index (χ3n) is 2.79. The number of fused-ring (bicyclic) bond motifs is 1. The number of rotatable bonds is 1. The average molecular weight is 272 g/mol. The number of benzene rings is 1. The van der Waals surface area contributed by atoms with E-state index in [1.165, 1.54) is 13.1 Å². The zero-order valence-corrected chi connectivity index (χ0v) is 11.0. The number of amides is 1. The molecule has 1 aromatic carbocycles. The lowest BCUT2D eigenvalue weighted by molar-refractivity contribution is 0.0831. The highest BCUT2D eigenvalue weighted by Crippen LogP contribution is 2.32. The van der Waals surface area contributed by atoms with Crippen molar-refractivity contribution in [2.24, 2.45) is 0 Å². The predicted molar refractivity (Wildman–Crippen MR) is 65.0 cm³/mol. The summed E-state index contributed by atoms with van der Waals surface area (Å²) >= 11 is 0. The average Bonchev–Trinajstić information content (AvgIpc) is 2.25. The van der Waals surface area contributed by atoms with Gasteiger partial charge in [0.05, 0.1) is 11.3 Å². The van der Waals surface area contributed by atoms with Crippen LogP contribution in [0.4, 0.5) is 10.1 Å². The van der Waals surface area contributed by atoms with Crippen molar-refractivity contribution in [3.8, 4) is 0 Å². The van der Waals surface area contributed by atoms with E-state index in [2.05, 4.69) is 0 Å². The van der Waals surface area contributed by atoms with Crippen LogP contribution in [0.3, 0.4) is 0 Å². The molecule has 0 saturated carbocycles. The Bertz CT molecular complexity index is 613. The van der Waals surface area contributed by atoms with Crippen LogP contribution in [-0.2, 0) is 10.2 Å². The Morgan fingerprint density at radius 1 is 1.28 bits per heavy atom. The molecule has 1 aliphatic rings. The molecule has 0 spiro atoms. The van der Waals surface area contributed by atoms with Crippen LogP contribution in [0.15, 0.2) is 18.2 Å². The van der Waals surface area contributed by atoms with Crippen molar-refractivity contribution in [3.63, 3.8) is 0 Å². The summed E-state index contributed by atoms with van der Waals surface area (Å²) in [5.41, 5.74) is 0.249. The second kappa shape index (κ2) is 3.94. The van der Waals surface area contributed by atoms with Crippen molar-refractivity contribution in [2.75, 3.05) is 11.4 Å². The highest BCUT2D eigenvalue weighted by molar-refractivity contribution is 7.91. The number of halogens is 1. The first-order chi connectivity index (χ1) is 8.26. The highest BCUT2D eigenvalue weighted by Gasteiger charge is 2.41. The SMILES string of the molecule is CC(C)N1C(=O)c2cc(F)ccc2N(C)S1(=O)=O. The van der Waals surface area contributed by atoms with Crippen LogP contribution in [0.5, 0.6) is 0 Å². The minimum atomic E-state index is -3.88. The highest BCUT2D eigenvalue weighted by atomic mass is 32.2. The smallest absolute Gasteiger partial charge is 0.268 e. The van der Waals surface area contributed by atoms with Gasteiger partial charge < -0.3 is 0 Å². The minimum absolute atomic E-state index is 0.0565. The molecule has 7 heteroatoms. The Morgan fingerprint density at radius 3 is 2.44 bits per heavy atom. The monoisotopic (exact) mass is 272 g/mol. The Hall–Kier alpha value is -1.63. The van der Waals surface area contributed by atoms with Gasteiger partial charge in [-0.05, 0) is 32.0 Å². The molecule has 0 aliphatic carbocycles. The van der Waals surface area contributed by atoms with Crippen LogP contribution in [0.25, 0.3) is 0 Å². The lowest BCUT2D eigenvalue weighted by atomic mass is 10.1. The fourth-order valence-corrected chi connectivity index (χ4v) is 3.45. The number of carbonyl (C=O) groups excluding carboxylic acids is 1. The van der Waals surface area contributed by atoms with Crippen molar-refractivity contribution in [1.82, 2.24) is 4.31 Å². The summed E-state index contributed by atoms with van der Waals surface area (Å²) in [4.78, 5) is 12.1. The van der Waals surface area contributed by atoms with E-state index < -0.39 is 28.0 Å². The van der Waals surface area contributed by atoms with Gasteiger partial charge in [-0.3, -0.25) is 9.10 Å². The first-order valence-electron chi connectivity index (χ1n) is 5.39. The van der Waals surface area contributed by atoms with Crippen molar-refractivity contribution >= 4 is 21.8 Å². The van der Waals surface area contributed by atoms with Gasteiger partial charge in [-0.1, -0.05) is 0 Å². The summed E-state index contributed by atoms with van der Waals surface area (Å²) in [6.45, 7) is 3.18. The van der Waals surface area contributed by atoms with Crippen LogP contribution in [-0.4, -0.2) is 31.7 Å². The normalized spacial score (nSPS) is 18.2. The summed E-state index contributed by atoms with van der Waals surface area (Å²) in [6, 6.07) is 2.94. The topological polar surface area (TPSA) is 57.7 Å². The number of nitrogens with zero attached hydrogens (tertiary/aromatic N) is 2. The van der Waals surface area contributed by atoms with E-state index in [0.717, 1.165) is 20.7 Å². The fraction of sp³-hybridized carbons (Fsp3) is 0.364. The van der Waals surface area contributed by atoms with Crippen LogP contribution in [0.2, 0.25) is 0 Å². The number of carbonyl (C=O) groups is 1. The van der Waals surface area contributed by atoms with Gasteiger partial charge >= 0.3 is 10.2 Å². The number of hydrogen-bond donors (Lipinski definition) is 0. The second-order valence-corrected chi connectivity index (χ2v) is 6.17. The predicted octanol–water partition coefficient (Wildman–Crippen LogP) is 1.37. The zero-order valence-electron chi connectivity index (χ0n) is 10.2. The Balaban J connectivity index is 2.72. The summed E-state index contributed by atoms with van der Waals surface area (Å²) < 4.78 is 39.2. The summed E-state index contributed by atoms with van der Waals surface area (Å²) in [5, 5.41) is 0. The minimum Gasteiger partial charge on any atom is -0.268 e. The lowest BCUT2D eigenvalue weighted by Crippen LogP contribution is -2.52. The van der Waals surface area contributed by atoms with E-state index in [1.54, 1.807) is 13.8 Å². The quantitative estimate of drug-likeness (QED) is 0.776. The Morgan fingerprint density at radius 2 is 1.89 bits per heavy atom. The van der Waals surface area contributed by atoms with Crippen LogP contribution in [0.1, 0.15) is 24.2 Å². The largest absolute Gasteiger partial charge is 0.328 e. The molecule has 0 aromatic heterocycles. The van der Waals surface area contributed by atoms with Gasteiger partial charge in [0.1, 0.15) is 5.82 Å². The molecule has 5 nitrogen and oxygen atoms in total. The number of anilines is 1. The molecule has 18 heavy (non-hydrogen) atoms. The molecular weight excluding hydrogens is 259 g/mol. The molecule has 0 N–H and O–H groups in total. The van der Waals surface area contributed by atoms with Gasteiger partial charge in [0.25, 0.3) is 5.91 Å². The molecule has 0 radical (unpaired) electrons. The summed E-state index contributed by atoms with van der Waals surface area (Å²) in [7, 11) is -2.54. The molecule has 0 atom stereocenters. The molecule has 1 amide bonds. The van der Waals surface area contributed by atoms with Gasteiger partial charge in [-0.25, -0.2) is 8.70 Å². The standard InChI is InChI=1S/C11H13FN2O3S/c1-7(2)14-11(15)9-6-8(12)4-5-10(9)13(3)18(14,16)17/h4-7H,1-3H3. The molecule has 1 aliphatic heterocycles. The third-order valence-corrected chi connectivity index (χ3v) is 4.77. The Labute approximate surface area is 105 Å². The van der Waals surface area contributed by atoms with Gasteiger partial charge in [-0.15, -0.1) is 0 Å². The summed E-state index contributed by atoms with van der Waals surface area (Å²) in [5.74, 6) is -1.27.